The van der Waals surface area contributed by atoms with Gasteiger partial charge in [0, 0.05) is 6.61 Å². The minimum Gasteiger partial charge on any atom is -0.465 e. The monoisotopic (exact) mass is 231 g/mol. The molecule has 0 heterocycles. The Morgan fingerprint density at radius 3 is 2.81 bits per heavy atom. The van der Waals surface area contributed by atoms with E-state index in [2.05, 4.69) is 4.99 Å². The lowest BCUT2D eigenvalue weighted by Crippen LogP contribution is -2.40. The summed E-state index contributed by atoms with van der Waals surface area (Å²) in [5, 5.41) is 1.31. The smallest absolute Gasteiger partial charge is 0.327 e. The lowest BCUT2D eigenvalue weighted by atomic mass is 10.5. The SMILES string of the molecule is CCCOC(C)N(N)C=NCC(=O)OCC. The van der Waals surface area contributed by atoms with E-state index in [4.69, 9.17) is 15.3 Å². The fourth-order valence-electron chi connectivity index (χ4n) is 0.885. The number of carbonyl (C=O) groups is 1. The van der Waals surface area contributed by atoms with E-state index in [1.807, 2.05) is 13.8 Å². The molecule has 0 amide bonds. The van der Waals surface area contributed by atoms with Crippen LogP contribution >= 0.6 is 0 Å². The average molecular weight is 231 g/mol. The summed E-state index contributed by atoms with van der Waals surface area (Å²) in [6, 6.07) is 0. The molecule has 6 heteroatoms. The van der Waals surface area contributed by atoms with Crippen molar-refractivity contribution in [1.29, 1.82) is 0 Å². The van der Waals surface area contributed by atoms with E-state index in [1.54, 1.807) is 6.92 Å². The van der Waals surface area contributed by atoms with Crippen LogP contribution in [0.3, 0.4) is 0 Å². The molecule has 0 aromatic carbocycles. The van der Waals surface area contributed by atoms with Crippen LogP contribution in [-0.2, 0) is 14.3 Å². The van der Waals surface area contributed by atoms with Crippen LogP contribution in [0.2, 0.25) is 0 Å². The van der Waals surface area contributed by atoms with Gasteiger partial charge in [0.15, 0.2) is 0 Å². The molecule has 16 heavy (non-hydrogen) atoms. The molecule has 0 radical (unpaired) electrons. The first-order valence-electron chi connectivity index (χ1n) is 5.42. The minimum atomic E-state index is -0.366. The lowest BCUT2D eigenvalue weighted by molar-refractivity contribution is -0.141. The standard InChI is InChI=1S/C10H21N3O3/c1-4-6-16-9(3)13(11)8-12-7-10(14)15-5-2/h8-9H,4-7,11H2,1-3H3. The number of ether oxygens (including phenoxy) is 2. The van der Waals surface area contributed by atoms with E-state index in [9.17, 15) is 4.79 Å². The number of nitrogens with zero attached hydrogens (tertiary/aromatic N) is 2. The van der Waals surface area contributed by atoms with Crippen molar-refractivity contribution in [3.05, 3.63) is 0 Å². The second-order valence-corrected chi connectivity index (χ2v) is 3.18. The molecule has 0 bridgehead atoms. The Labute approximate surface area is 96.4 Å². The summed E-state index contributed by atoms with van der Waals surface area (Å²) >= 11 is 0. The van der Waals surface area contributed by atoms with Gasteiger partial charge in [0.25, 0.3) is 0 Å². The topological polar surface area (TPSA) is 77.2 Å². The highest BCUT2D eigenvalue weighted by Gasteiger charge is 2.05. The van der Waals surface area contributed by atoms with Crippen LogP contribution < -0.4 is 5.84 Å². The highest BCUT2D eigenvalue weighted by molar-refractivity contribution is 5.73. The maximum atomic E-state index is 10.9. The van der Waals surface area contributed by atoms with Crippen molar-refractivity contribution in [2.45, 2.75) is 33.4 Å². The minimum absolute atomic E-state index is 0.0258. The van der Waals surface area contributed by atoms with E-state index in [0.29, 0.717) is 13.2 Å². The van der Waals surface area contributed by atoms with E-state index in [-0.39, 0.29) is 18.7 Å². The van der Waals surface area contributed by atoms with Gasteiger partial charge in [-0.1, -0.05) is 6.92 Å². The summed E-state index contributed by atoms with van der Waals surface area (Å²) in [5.41, 5.74) is 0. The van der Waals surface area contributed by atoms with Gasteiger partial charge in [-0.2, -0.15) is 0 Å². The molecule has 0 spiro atoms. The van der Waals surface area contributed by atoms with Crippen molar-refractivity contribution in [3.63, 3.8) is 0 Å². The zero-order valence-corrected chi connectivity index (χ0v) is 10.2. The molecule has 1 unspecified atom stereocenters. The van der Waals surface area contributed by atoms with Crippen LogP contribution in [0.15, 0.2) is 4.99 Å². The quantitative estimate of drug-likeness (QED) is 0.165. The highest BCUT2D eigenvalue weighted by atomic mass is 16.5. The molecule has 0 aliphatic heterocycles. The fourth-order valence-corrected chi connectivity index (χ4v) is 0.885. The van der Waals surface area contributed by atoms with Crippen LogP contribution in [0.4, 0.5) is 0 Å². The Morgan fingerprint density at radius 2 is 2.25 bits per heavy atom. The van der Waals surface area contributed by atoms with Crippen molar-refractivity contribution in [3.8, 4) is 0 Å². The van der Waals surface area contributed by atoms with Gasteiger partial charge in [-0.05, 0) is 20.3 Å². The maximum Gasteiger partial charge on any atom is 0.327 e. The summed E-state index contributed by atoms with van der Waals surface area (Å²) in [7, 11) is 0. The molecular weight excluding hydrogens is 210 g/mol. The van der Waals surface area contributed by atoms with Crippen molar-refractivity contribution in [2.24, 2.45) is 10.8 Å². The second kappa shape index (κ2) is 9.11. The highest BCUT2D eigenvalue weighted by Crippen LogP contribution is 1.93. The average Bonchev–Trinajstić information content (AvgIpc) is 2.26. The number of carbonyl (C=O) groups excluding carboxylic acids is 1. The van der Waals surface area contributed by atoms with Gasteiger partial charge in [-0.25, -0.2) is 5.84 Å². The van der Waals surface area contributed by atoms with Crippen LogP contribution in [0, 0.1) is 0 Å². The molecule has 0 aliphatic rings. The van der Waals surface area contributed by atoms with Gasteiger partial charge in [0.05, 0.1) is 6.61 Å². The first-order valence-corrected chi connectivity index (χ1v) is 5.42. The Kier molecular flexibility index (Phi) is 8.46. The molecule has 2 N–H and O–H groups in total. The van der Waals surface area contributed by atoms with Crippen molar-refractivity contribution in [2.75, 3.05) is 19.8 Å². The van der Waals surface area contributed by atoms with Gasteiger partial charge < -0.3 is 9.47 Å². The first-order chi connectivity index (χ1) is 7.61. The lowest BCUT2D eigenvalue weighted by Gasteiger charge is -2.21. The largest absolute Gasteiger partial charge is 0.465 e. The van der Waals surface area contributed by atoms with E-state index in [0.717, 1.165) is 6.42 Å². The zero-order chi connectivity index (χ0) is 12.4. The van der Waals surface area contributed by atoms with Gasteiger partial charge >= 0.3 is 5.97 Å². The summed E-state index contributed by atoms with van der Waals surface area (Å²) < 4.78 is 10.1. The summed E-state index contributed by atoms with van der Waals surface area (Å²) in [6.45, 7) is 6.55. The van der Waals surface area contributed by atoms with Crippen LogP contribution in [0.25, 0.3) is 0 Å². The Balaban J connectivity index is 3.80. The van der Waals surface area contributed by atoms with E-state index in [1.165, 1.54) is 11.3 Å². The van der Waals surface area contributed by atoms with Crippen molar-refractivity contribution >= 4 is 12.3 Å². The number of hydrogen-bond acceptors (Lipinski definition) is 5. The molecule has 0 rings (SSSR count). The Morgan fingerprint density at radius 1 is 1.56 bits per heavy atom. The summed E-state index contributed by atoms with van der Waals surface area (Å²) in [5.74, 6) is 5.26. The van der Waals surface area contributed by atoms with Crippen molar-refractivity contribution < 1.29 is 14.3 Å². The fraction of sp³-hybridized carbons (Fsp3) is 0.800. The molecule has 1 atom stereocenters. The molecule has 0 aliphatic carbocycles. The zero-order valence-electron chi connectivity index (χ0n) is 10.2. The van der Waals surface area contributed by atoms with Gasteiger partial charge in [-0.15, -0.1) is 0 Å². The van der Waals surface area contributed by atoms with E-state index < -0.39 is 0 Å². The van der Waals surface area contributed by atoms with Crippen LogP contribution in [0.1, 0.15) is 27.2 Å². The third kappa shape index (κ3) is 7.19. The number of hydrogen-bond donors (Lipinski definition) is 1. The Hall–Kier alpha value is -1.14. The summed E-state index contributed by atoms with van der Waals surface area (Å²) in [6.07, 6.45) is 2.04. The second-order valence-electron chi connectivity index (χ2n) is 3.18. The molecule has 6 nitrogen and oxygen atoms in total. The molecule has 0 fully saturated rings. The maximum absolute atomic E-state index is 10.9. The third-order valence-electron chi connectivity index (χ3n) is 1.72. The van der Waals surface area contributed by atoms with Gasteiger partial charge in [0.2, 0.25) is 0 Å². The molecule has 94 valence electrons. The first kappa shape index (κ1) is 14.9. The summed E-state index contributed by atoms with van der Waals surface area (Å²) in [4.78, 5) is 14.8. The molecule has 0 saturated heterocycles. The number of aliphatic imine (C=N–C) groups is 1. The molecular formula is C10H21N3O3. The van der Waals surface area contributed by atoms with Gasteiger partial charge in [0.1, 0.15) is 19.1 Å². The molecule has 0 saturated carbocycles. The number of nitrogens with two attached hydrogens (primary N) is 1. The Bertz CT molecular complexity index is 221. The number of hydrazine groups is 1. The third-order valence-corrected chi connectivity index (χ3v) is 1.72. The number of esters is 1. The molecule has 0 aromatic rings. The predicted molar refractivity (Wildman–Crippen MR) is 61.7 cm³/mol. The normalized spacial score (nSPS) is 12.8. The predicted octanol–water partition coefficient (Wildman–Crippen LogP) is 0.526. The molecule has 0 aromatic heterocycles. The van der Waals surface area contributed by atoms with Crippen LogP contribution in [0.5, 0.6) is 0 Å². The van der Waals surface area contributed by atoms with Gasteiger partial charge in [-0.3, -0.25) is 14.8 Å². The van der Waals surface area contributed by atoms with E-state index >= 15 is 0 Å². The van der Waals surface area contributed by atoms with Crippen molar-refractivity contribution in [1.82, 2.24) is 5.01 Å². The van der Waals surface area contributed by atoms with Crippen LogP contribution in [-0.4, -0.2) is 43.3 Å². The number of rotatable bonds is 8.